The van der Waals surface area contributed by atoms with Crippen LogP contribution in [-0.4, -0.2) is 9.97 Å². The van der Waals surface area contributed by atoms with Crippen molar-refractivity contribution in [1.82, 2.24) is 9.97 Å². The van der Waals surface area contributed by atoms with Crippen molar-refractivity contribution in [1.29, 1.82) is 0 Å². The first-order valence-corrected chi connectivity index (χ1v) is 11.5. The smallest absolute Gasteiger partial charge is 0.124 e. The molecule has 150 valence electrons. The molecule has 0 saturated carbocycles. The summed E-state index contributed by atoms with van der Waals surface area (Å²) in [7, 11) is 0. The number of H-pyrrole nitrogens is 1. The van der Waals surface area contributed by atoms with E-state index < -0.39 is 0 Å². The average molecular weight is 419 g/mol. The van der Waals surface area contributed by atoms with Gasteiger partial charge in [0.2, 0.25) is 0 Å². The van der Waals surface area contributed by atoms with Gasteiger partial charge in [0, 0.05) is 27.4 Å². The molecule has 2 heterocycles. The first kappa shape index (κ1) is 18.3. The fraction of sp³-hybridized carbons (Fsp3) is 0.107. The molecule has 31 heavy (non-hydrogen) atoms. The van der Waals surface area contributed by atoms with Crippen molar-refractivity contribution in [2.75, 3.05) is 0 Å². The number of thiazole rings is 1. The Labute approximate surface area is 185 Å². The van der Waals surface area contributed by atoms with Crippen LogP contribution >= 0.6 is 11.3 Å². The Kier molecular flexibility index (Phi) is 4.18. The summed E-state index contributed by atoms with van der Waals surface area (Å²) in [6.45, 7) is 4.52. The highest BCUT2D eigenvalue weighted by Gasteiger charge is 2.13. The lowest BCUT2D eigenvalue weighted by atomic mass is 9.92. The topological polar surface area (TPSA) is 28.7 Å². The molecule has 0 aliphatic carbocycles. The van der Waals surface area contributed by atoms with E-state index in [1.165, 1.54) is 43.2 Å². The van der Waals surface area contributed by atoms with E-state index in [1.807, 2.05) is 6.07 Å². The molecule has 0 aliphatic heterocycles. The minimum atomic E-state index is 0.489. The maximum atomic E-state index is 4.90. The molecular formula is C28H22N2S. The van der Waals surface area contributed by atoms with Gasteiger partial charge in [-0.15, -0.1) is 11.3 Å². The Bertz CT molecular complexity index is 1550. The number of rotatable bonds is 3. The number of fused-ring (bicyclic) bond motifs is 4. The fourth-order valence-corrected chi connectivity index (χ4v) is 5.45. The van der Waals surface area contributed by atoms with E-state index >= 15 is 0 Å². The van der Waals surface area contributed by atoms with E-state index in [0.717, 1.165) is 16.0 Å². The van der Waals surface area contributed by atoms with Crippen LogP contribution in [0.1, 0.15) is 25.3 Å². The van der Waals surface area contributed by atoms with Gasteiger partial charge in [-0.25, -0.2) is 4.98 Å². The van der Waals surface area contributed by atoms with Gasteiger partial charge in [0.05, 0.1) is 10.2 Å². The molecule has 0 saturated heterocycles. The van der Waals surface area contributed by atoms with Gasteiger partial charge in [-0.3, -0.25) is 0 Å². The molecular weight excluding hydrogens is 396 g/mol. The summed E-state index contributed by atoms with van der Waals surface area (Å²) >= 11 is 1.76. The Balaban J connectivity index is 1.54. The fourth-order valence-electron chi connectivity index (χ4n) is 4.46. The molecule has 2 nitrogen and oxygen atoms in total. The molecule has 0 radical (unpaired) electrons. The third-order valence-corrected chi connectivity index (χ3v) is 7.09. The maximum Gasteiger partial charge on any atom is 0.124 e. The van der Waals surface area contributed by atoms with Gasteiger partial charge in [0.1, 0.15) is 5.01 Å². The van der Waals surface area contributed by atoms with E-state index in [0.29, 0.717) is 5.92 Å². The Morgan fingerprint density at radius 2 is 1.52 bits per heavy atom. The van der Waals surface area contributed by atoms with E-state index in [4.69, 9.17) is 4.98 Å². The number of benzene rings is 4. The number of nitrogens with zero attached hydrogens (tertiary/aromatic N) is 1. The van der Waals surface area contributed by atoms with E-state index in [9.17, 15) is 0 Å². The SMILES string of the molecule is CC(C)c1ccccc1-c1ccc2[nH]c3cc4nc(-c5ccccc5)sc4cc3c2c1. The Morgan fingerprint density at radius 1 is 0.742 bits per heavy atom. The van der Waals surface area contributed by atoms with E-state index in [-0.39, 0.29) is 0 Å². The maximum absolute atomic E-state index is 4.90. The Morgan fingerprint density at radius 3 is 2.35 bits per heavy atom. The third-order valence-electron chi connectivity index (χ3n) is 6.02. The summed E-state index contributed by atoms with van der Waals surface area (Å²) in [6.07, 6.45) is 0. The number of hydrogen-bond acceptors (Lipinski definition) is 2. The highest BCUT2D eigenvalue weighted by atomic mass is 32.1. The lowest BCUT2D eigenvalue weighted by molar-refractivity contribution is 0.869. The van der Waals surface area contributed by atoms with E-state index in [1.54, 1.807) is 11.3 Å². The largest absolute Gasteiger partial charge is 0.354 e. The van der Waals surface area contributed by atoms with Crippen LogP contribution in [-0.2, 0) is 0 Å². The summed E-state index contributed by atoms with van der Waals surface area (Å²) < 4.78 is 1.22. The summed E-state index contributed by atoms with van der Waals surface area (Å²) in [4.78, 5) is 8.50. The lowest BCUT2D eigenvalue weighted by Crippen LogP contribution is -1.91. The minimum absolute atomic E-state index is 0.489. The quantitative estimate of drug-likeness (QED) is 0.307. The zero-order chi connectivity index (χ0) is 20.9. The standard InChI is InChI=1S/C28H22N2S/c1-17(2)20-10-6-7-11-21(20)19-12-13-24-22(14-19)23-15-27-26(16-25(23)29-24)30-28(31-27)18-8-4-3-5-9-18/h3-17,29H,1-2H3. The number of aromatic nitrogens is 2. The van der Waals surface area contributed by atoms with Crippen molar-refractivity contribution in [2.45, 2.75) is 19.8 Å². The van der Waals surface area contributed by atoms with Crippen molar-refractivity contribution in [3.8, 4) is 21.7 Å². The zero-order valence-electron chi connectivity index (χ0n) is 17.5. The molecule has 1 N–H and O–H groups in total. The normalized spacial score (nSPS) is 11.8. The first-order valence-electron chi connectivity index (χ1n) is 10.7. The molecule has 2 aromatic heterocycles. The van der Waals surface area contributed by atoms with Crippen LogP contribution in [0.3, 0.4) is 0 Å². The van der Waals surface area contributed by atoms with Gasteiger partial charge in [0.15, 0.2) is 0 Å². The second-order valence-electron chi connectivity index (χ2n) is 8.38. The van der Waals surface area contributed by atoms with Gasteiger partial charge in [-0.2, -0.15) is 0 Å². The number of nitrogens with one attached hydrogen (secondary N) is 1. The molecule has 0 fully saturated rings. The third kappa shape index (κ3) is 3.05. The monoisotopic (exact) mass is 418 g/mol. The number of aromatic amines is 1. The van der Waals surface area contributed by atoms with Crippen molar-refractivity contribution in [3.63, 3.8) is 0 Å². The molecule has 6 rings (SSSR count). The lowest BCUT2D eigenvalue weighted by Gasteiger charge is -2.13. The van der Waals surface area contributed by atoms with Crippen LogP contribution in [0.4, 0.5) is 0 Å². The molecule has 0 spiro atoms. The van der Waals surface area contributed by atoms with Crippen molar-refractivity contribution in [2.24, 2.45) is 0 Å². The molecule has 3 heteroatoms. The van der Waals surface area contributed by atoms with Gasteiger partial charge < -0.3 is 4.98 Å². The van der Waals surface area contributed by atoms with Crippen LogP contribution in [0.2, 0.25) is 0 Å². The van der Waals surface area contributed by atoms with Crippen LogP contribution < -0.4 is 0 Å². The van der Waals surface area contributed by atoms with Crippen molar-refractivity contribution >= 4 is 43.4 Å². The summed E-state index contributed by atoms with van der Waals surface area (Å²) in [5.41, 5.74) is 8.51. The minimum Gasteiger partial charge on any atom is -0.354 e. The van der Waals surface area contributed by atoms with Crippen molar-refractivity contribution in [3.05, 3.63) is 90.5 Å². The molecule has 4 aromatic carbocycles. The highest BCUT2D eigenvalue weighted by molar-refractivity contribution is 7.21. The van der Waals surface area contributed by atoms with Gasteiger partial charge in [-0.1, -0.05) is 74.5 Å². The molecule has 0 bridgehead atoms. The summed E-state index contributed by atoms with van der Waals surface area (Å²) in [6, 6.07) is 30.4. The van der Waals surface area contributed by atoms with Gasteiger partial charge in [0.25, 0.3) is 0 Å². The van der Waals surface area contributed by atoms with Crippen LogP contribution in [0.25, 0.3) is 53.7 Å². The summed E-state index contributed by atoms with van der Waals surface area (Å²) in [5, 5.41) is 3.59. The first-order chi connectivity index (χ1) is 15.2. The second kappa shape index (κ2) is 7.07. The highest BCUT2D eigenvalue weighted by Crippen LogP contribution is 2.37. The molecule has 0 amide bonds. The molecule has 0 aliphatic rings. The average Bonchev–Trinajstić information content (AvgIpc) is 3.38. The van der Waals surface area contributed by atoms with Gasteiger partial charge >= 0.3 is 0 Å². The predicted octanol–water partition coefficient (Wildman–Crippen LogP) is 8.39. The molecule has 0 atom stereocenters. The molecule has 0 unspecified atom stereocenters. The van der Waals surface area contributed by atoms with Gasteiger partial charge in [-0.05, 0) is 46.9 Å². The Hall–Kier alpha value is -3.43. The second-order valence-corrected chi connectivity index (χ2v) is 9.41. The molecule has 6 aromatic rings. The van der Waals surface area contributed by atoms with E-state index in [2.05, 4.69) is 97.7 Å². The van der Waals surface area contributed by atoms with Crippen LogP contribution in [0, 0.1) is 0 Å². The van der Waals surface area contributed by atoms with Crippen molar-refractivity contribution < 1.29 is 0 Å². The summed E-state index contributed by atoms with van der Waals surface area (Å²) in [5.74, 6) is 0.489. The predicted molar refractivity (Wildman–Crippen MR) is 134 cm³/mol. The number of hydrogen-bond donors (Lipinski definition) is 1. The van der Waals surface area contributed by atoms with Crippen LogP contribution in [0.5, 0.6) is 0 Å². The van der Waals surface area contributed by atoms with Crippen LogP contribution in [0.15, 0.2) is 84.9 Å². The zero-order valence-corrected chi connectivity index (χ0v) is 18.3.